The summed E-state index contributed by atoms with van der Waals surface area (Å²) in [5, 5.41) is 17.8. The third kappa shape index (κ3) is 2.60. The Balaban J connectivity index is 3.25. The summed E-state index contributed by atoms with van der Waals surface area (Å²) in [4.78, 5) is 0. The average Bonchev–Trinajstić information content (AvgIpc) is 2.08. The highest BCUT2D eigenvalue weighted by Crippen LogP contribution is 2.39. The summed E-state index contributed by atoms with van der Waals surface area (Å²) in [6.07, 6.45) is -7.87. The van der Waals surface area contributed by atoms with Gasteiger partial charge in [-0.2, -0.15) is 13.2 Å². The van der Waals surface area contributed by atoms with Crippen molar-refractivity contribution < 1.29 is 27.8 Å². The van der Waals surface area contributed by atoms with E-state index in [1.807, 2.05) is 0 Å². The van der Waals surface area contributed by atoms with Gasteiger partial charge in [-0.05, 0) is 12.1 Å². The highest BCUT2D eigenvalue weighted by molar-refractivity contribution is 9.10. The molecule has 0 radical (unpaired) electrons. The zero-order valence-electron chi connectivity index (χ0n) is 7.02. The molecule has 0 bridgehead atoms. The topological polar surface area (TPSA) is 40.5 Å². The van der Waals surface area contributed by atoms with Gasteiger partial charge in [-0.15, -0.1) is 0 Å². The first-order valence-corrected chi connectivity index (χ1v) is 4.45. The van der Waals surface area contributed by atoms with Crippen molar-refractivity contribution in [1.29, 1.82) is 0 Å². The largest absolute Gasteiger partial charge is 0.505 e. The lowest BCUT2D eigenvalue weighted by molar-refractivity contribution is -0.207. The highest BCUT2D eigenvalue weighted by Gasteiger charge is 2.41. The van der Waals surface area contributed by atoms with Gasteiger partial charge >= 0.3 is 6.18 Å². The SMILES string of the molecule is Oc1c(F)cc(Br)cc1C(O)C(F)(F)F. The number of aliphatic hydroxyl groups excluding tert-OH is 1. The molecule has 2 N–H and O–H groups in total. The lowest BCUT2D eigenvalue weighted by Gasteiger charge is -2.16. The Hall–Kier alpha value is -0.820. The van der Waals surface area contributed by atoms with E-state index in [-0.39, 0.29) is 4.47 Å². The van der Waals surface area contributed by atoms with E-state index in [0.29, 0.717) is 0 Å². The van der Waals surface area contributed by atoms with Gasteiger partial charge < -0.3 is 10.2 Å². The van der Waals surface area contributed by atoms with Gasteiger partial charge in [0.25, 0.3) is 0 Å². The van der Waals surface area contributed by atoms with Gasteiger partial charge in [0.1, 0.15) is 0 Å². The Kier molecular flexibility index (Phi) is 3.25. The Labute approximate surface area is 90.3 Å². The zero-order valence-corrected chi connectivity index (χ0v) is 8.60. The number of hydrogen-bond donors (Lipinski definition) is 2. The van der Waals surface area contributed by atoms with Crippen molar-refractivity contribution in [2.75, 3.05) is 0 Å². The van der Waals surface area contributed by atoms with E-state index < -0.39 is 29.4 Å². The number of benzene rings is 1. The molecule has 1 rings (SSSR count). The van der Waals surface area contributed by atoms with E-state index in [0.717, 1.165) is 12.1 Å². The first-order valence-electron chi connectivity index (χ1n) is 3.66. The predicted molar refractivity (Wildman–Crippen MR) is 46.8 cm³/mol. The summed E-state index contributed by atoms with van der Waals surface area (Å²) in [6.45, 7) is 0. The van der Waals surface area contributed by atoms with Crippen molar-refractivity contribution in [2.45, 2.75) is 12.3 Å². The number of aliphatic hydroxyl groups is 1. The average molecular weight is 289 g/mol. The maximum atomic E-state index is 12.8. The molecule has 7 heteroatoms. The van der Waals surface area contributed by atoms with Crippen molar-refractivity contribution >= 4 is 15.9 Å². The molecule has 0 aliphatic rings. The van der Waals surface area contributed by atoms with Crippen LogP contribution in [-0.2, 0) is 0 Å². The fourth-order valence-corrected chi connectivity index (χ4v) is 1.42. The van der Waals surface area contributed by atoms with Crippen molar-refractivity contribution in [3.05, 3.63) is 28.0 Å². The molecule has 1 unspecified atom stereocenters. The Bertz CT molecular complexity index is 378. The summed E-state index contributed by atoms with van der Waals surface area (Å²) in [5.74, 6) is -2.44. The molecule has 1 aromatic rings. The van der Waals surface area contributed by atoms with Gasteiger partial charge in [0.15, 0.2) is 17.7 Å². The van der Waals surface area contributed by atoms with Gasteiger partial charge in [-0.3, -0.25) is 0 Å². The van der Waals surface area contributed by atoms with Gasteiger partial charge in [0, 0.05) is 10.0 Å². The van der Waals surface area contributed by atoms with Crippen LogP contribution in [0, 0.1) is 5.82 Å². The van der Waals surface area contributed by atoms with Crippen LogP contribution in [0.15, 0.2) is 16.6 Å². The second-order valence-electron chi connectivity index (χ2n) is 2.77. The summed E-state index contributed by atoms with van der Waals surface area (Å²) >= 11 is 2.75. The smallest absolute Gasteiger partial charge is 0.418 e. The molecule has 0 spiro atoms. The van der Waals surface area contributed by atoms with Crippen molar-refractivity contribution in [1.82, 2.24) is 0 Å². The quantitative estimate of drug-likeness (QED) is 0.780. The molecule has 15 heavy (non-hydrogen) atoms. The van der Waals surface area contributed by atoms with Gasteiger partial charge in [0.2, 0.25) is 0 Å². The minimum absolute atomic E-state index is 0.00361. The predicted octanol–water partition coefficient (Wildman–Crippen LogP) is 2.89. The third-order valence-corrected chi connectivity index (χ3v) is 2.12. The van der Waals surface area contributed by atoms with Crippen molar-refractivity contribution in [2.24, 2.45) is 0 Å². The summed E-state index contributed by atoms with van der Waals surface area (Å²) < 4.78 is 49.1. The summed E-state index contributed by atoms with van der Waals surface area (Å²) in [7, 11) is 0. The Morgan fingerprint density at radius 2 is 1.80 bits per heavy atom. The fourth-order valence-electron chi connectivity index (χ4n) is 0.971. The van der Waals surface area contributed by atoms with E-state index in [9.17, 15) is 17.6 Å². The minimum atomic E-state index is -4.95. The molecular formula is C8H5BrF4O2. The van der Waals surface area contributed by atoms with Gasteiger partial charge in [0.05, 0.1) is 0 Å². The van der Waals surface area contributed by atoms with Crippen LogP contribution in [0.4, 0.5) is 17.6 Å². The van der Waals surface area contributed by atoms with E-state index in [1.54, 1.807) is 0 Å². The second kappa shape index (κ2) is 3.97. The molecule has 1 aromatic carbocycles. The molecule has 1 atom stereocenters. The molecule has 0 aliphatic heterocycles. The molecule has 84 valence electrons. The van der Waals surface area contributed by atoms with Crippen LogP contribution in [-0.4, -0.2) is 16.4 Å². The molecule has 0 aromatic heterocycles. The van der Waals surface area contributed by atoms with Crippen molar-refractivity contribution in [3.8, 4) is 5.75 Å². The van der Waals surface area contributed by atoms with Gasteiger partial charge in [-0.1, -0.05) is 15.9 Å². The van der Waals surface area contributed by atoms with Crippen LogP contribution in [0.1, 0.15) is 11.7 Å². The fraction of sp³-hybridized carbons (Fsp3) is 0.250. The van der Waals surface area contributed by atoms with Crippen molar-refractivity contribution in [3.63, 3.8) is 0 Å². The number of aromatic hydroxyl groups is 1. The zero-order chi connectivity index (χ0) is 11.8. The lowest BCUT2D eigenvalue weighted by Crippen LogP contribution is -2.20. The van der Waals surface area contributed by atoms with Crippen LogP contribution >= 0.6 is 15.9 Å². The van der Waals surface area contributed by atoms with Crippen LogP contribution in [0.3, 0.4) is 0 Å². The number of hydrogen-bond acceptors (Lipinski definition) is 2. The van der Waals surface area contributed by atoms with E-state index in [1.165, 1.54) is 0 Å². The molecular weight excluding hydrogens is 284 g/mol. The number of rotatable bonds is 1. The number of halogens is 5. The molecule has 2 nitrogen and oxygen atoms in total. The first kappa shape index (κ1) is 12.3. The second-order valence-corrected chi connectivity index (χ2v) is 3.69. The number of phenolic OH excluding ortho intramolecular Hbond substituents is 1. The first-order chi connectivity index (χ1) is 6.73. The van der Waals surface area contributed by atoms with E-state index >= 15 is 0 Å². The molecule has 0 aliphatic carbocycles. The third-order valence-electron chi connectivity index (χ3n) is 1.66. The van der Waals surface area contributed by atoms with Crippen LogP contribution in [0.25, 0.3) is 0 Å². The highest BCUT2D eigenvalue weighted by atomic mass is 79.9. The molecule has 0 saturated heterocycles. The standard InChI is InChI=1S/C8H5BrF4O2/c9-3-1-4(6(14)5(10)2-3)7(15)8(11,12)13/h1-2,7,14-15H. The lowest BCUT2D eigenvalue weighted by atomic mass is 10.1. The van der Waals surface area contributed by atoms with Crippen LogP contribution in [0.5, 0.6) is 5.75 Å². The monoisotopic (exact) mass is 288 g/mol. The van der Waals surface area contributed by atoms with E-state index in [2.05, 4.69) is 15.9 Å². The summed E-state index contributed by atoms with van der Waals surface area (Å²) in [6, 6.07) is 1.60. The number of phenols is 1. The van der Waals surface area contributed by atoms with Crippen LogP contribution in [0.2, 0.25) is 0 Å². The molecule has 0 amide bonds. The minimum Gasteiger partial charge on any atom is -0.505 e. The number of alkyl halides is 3. The maximum absolute atomic E-state index is 12.8. The molecule has 0 fully saturated rings. The van der Waals surface area contributed by atoms with E-state index in [4.69, 9.17) is 10.2 Å². The van der Waals surface area contributed by atoms with Gasteiger partial charge in [-0.25, -0.2) is 4.39 Å². The Morgan fingerprint density at radius 3 is 2.27 bits per heavy atom. The van der Waals surface area contributed by atoms with Crippen LogP contribution < -0.4 is 0 Å². The summed E-state index contributed by atoms with van der Waals surface area (Å²) in [5.41, 5.74) is -0.922. The molecule has 0 saturated carbocycles. The normalized spacial score (nSPS) is 14.0. The molecule has 0 heterocycles. The maximum Gasteiger partial charge on any atom is 0.418 e. The Morgan fingerprint density at radius 1 is 1.27 bits per heavy atom.